The molecule has 0 saturated carbocycles. The fourth-order valence-electron chi connectivity index (χ4n) is 1.07. The molecule has 70 valence electrons. The van der Waals surface area contributed by atoms with E-state index in [0.717, 1.165) is 4.68 Å². The Labute approximate surface area is 81.1 Å². The maximum absolute atomic E-state index is 11.2. The number of H-pyrrole nitrogens is 1. The summed E-state index contributed by atoms with van der Waals surface area (Å²) >= 11 is 0. The second-order valence-corrected chi connectivity index (χ2v) is 2.61. The lowest BCUT2D eigenvalue weighted by Crippen LogP contribution is -2.15. The van der Waals surface area contributed by atoms with Crippen molar-refractivity contribution in [3.63, 3.8) is 0 Å². The van der Waals surface area contributed by atoms with Gasteiger partial charge >= 0.3 is 5.69 Å². The Morgan fingerprint density at radius 1 is 1.64 bits per heavy atom. The van der Waals surface area contributed by atoms with Gasteiger partial charge in [0.2, 0.25) is 0 Å². The summed E-state index contributed by atoms with van der Waals surface area (Å²) in [5, 5.41) is 9.10. The standard InChI is InChI=1S/C9H8N4O/c1-2-7-4-3-5-8(6-7)13-9(14)10-11-12-13/h2-6H,1H2,(H,10,12,14)/i6T. The highest BCUT2D eigenvalue weighted by Gasteiger charge is 2.01. The maximum atomic E-state index is 11.2. The number of hydrogen-bond acceptors (Lipinski definition) is 3. The van der Waals surface area contributed by atoms with E-state index in [0.29, 0.717) is 11.3 Å². The average Bonchev–Trinajstić information content (AvgIpc) is 2.65. The first-order chi connectivity index (χ1) is 7.24. The lowest BCUT2D eigenvalue weighted by atomic mass is 10.2. The first kappa shape index (κ1) is 7.25. The van der Waals surface area contributed by atoms with Crippen LogP contribution in [0.15, 0.2) is 35.6 Å². The molecule has 2 aromatic rings. The Bertz CT molecular complexity index is 557. The molecule has 14 heavy (non-hydrogen) atoms. The number of tetrazole rings is 1. The summed E-state index contributed by atoms with van der Waals surface area (Å²) in [4.78, 5) is 11.2. The molecule has 0 unspecified atom stereocenters. The number of aromatic nitrogens is 4. The van der Waals surface area contributed by atoms with Crippen LogP contribution in [0, 0.1) is 0 Å². The van der Waals surface area contributed by atoms with Crippen molar-refractivity contribution in [3.8, 4) is 5.69 Å². The molecule has 0 aliphatic rings. The molecule has 5 heteroatoms. The normalized spacial score (nSPS) is 11.0. The van der Waals surface area contributed by atoms with Gasteiger partial charge in [0.05, 0.1) is 7.06 Å². The van der Waals surface area contributed by atoms with E-state index in [-0.39, 0.29) is 6.04 Å². The summed E-state index contributed by atoms with van der Waals surface area (Å²) in [7, 11) is 0. The molecule has 0 saturated heterocycles. The Kier molecular flexibility index (Phi) is 1.71. The second kappa shape index (κ2) is 3.29. The molecule has 2 rings (SSSR count). The van der Waals surface area contributed by atoms with Crippen LogP contribution in [0.4, 0.5) is 0 Å². The minimum absolute atomic E-state index is 0.198. The van der Waals surface area contributed by atoms with E-state index in [1.807, 2.05) is 0 Å². The molecule has 1 N–H and O–H groups in total. The van der Waals surface area contributed by atoms with Crippen molar-refractivity contribution < 1.29 is 1.37 Å². The van der Waals surface area contributed by atoms with E-state index < -0.39 is 5.69 Å². The molecule has 1 aromatic carbocycles. The molecule has 0 bridgehead atoms. The average molecular weight is 190 g/mol. The summed E-state index contributed by atoms with van der Waals surface area (Å²) in [6.07, 6.45) is 1.55. The third-order valence-electron chi connectivity index (χ3n) is 1.72. The van der Waals surface area contributed by atoms with Crippen LogP contribution in [0.1, 0.15) is 6.93 Å². The SMILES string of the molecule is [3H]c1c(C=C)cccc1-n1nn[nH]c1=O. The number of nitrogens with one attached hydrogen (secondary N) is 1. The van der Waals surface area contributed by atoms with Crippen molar-refractivity contribution in [3.05, 3.63) is 46.9 Å². The van der Waals surface area contributed by atoms with Gasteiger partial charge in [-0.05, 0) is 28.1 Å². The van der Waals surface area contributed by atoms with Crippen LogP contribution in [-0.2, 0) is 0 Å². The Hall–Kier alpha value is -2.17. The van der Waals surface area contributed by atoms with Crippen molar-refractivity contribution in [1.29, 1.82) is 0 Å². The van der Waals surface area contributed by atoms with Crippen LogP contribution in [0.2, 0.25) is 0 Å². The van der Waals surface area contributed by atoms with Crippen molar-refractivity contribution in [1.82, 2.24) is 20.2 Å². The van der Waals surface area contributed by atoms with Gasteiger partial charge in [0.15, 0.2) is 0 Å². The van der Waals surface area contributed by atoms with Gasteiger partial charge in [-0.25, -0.2) is 9.89 Å². The molecule has 1 heterocycles. The summed E-state index contributed by atoms with van der Waals surface area (Å²) in [6, 6.07) is 5.29. The van der Waals surface area contributed by atoms with Crippen molar-refractivity contribution in [2.75, 3.05) is 0 Å². The lowest BCUT2D eigenvalue weighted by molar-refractivity contribution is 0.779. The topological polar surface area (TPSA) is 63.6 Å². The molecular formula is C9H8N4O. The highest BCUT2D eigenvalue weighted by Crippen LogP contribution is 2.07. The predicted molar refractivity (Wildman–Crippen MR) is 52.1 cm³/mol. The van der Waals surface area contributed by atoms with Gasteiger partial charge in [0.25, 0.3) is 0 Å². The van der Waals surface area contributed by atoms with Gasteiger partial charge in [-0.1, -0.05) is 24.8 Å². The summed E-state index contributed by atoms with van der Waals surface area (Å²) < 4.78 is 8.84. The summed E-state index contributed by atoms with van der Waals surface area (Å²) in [5.74, 6) is 0. The Morgan fingerprint density at radius 3 is 3.14 bits per heavy atom. The van der Waals surface area contributed by atoms with Crippen LogP contribution in [0.25, 0.3) is 11.8 Å². The number of nitrogens with zero attached hydrogens (tertiary/aromatic N) is 3. The van der Waals surface area contributed by atoms with Gasteiger partial charge in [-0.2, -0.15) is 4.68 Å². The molecule has 1 aromatic heterocycles. The third-order valence-corrected chi connectivity index (χ3v) is 1.72. The first-order valence-corrected chi connectivity index (χ1v) is 3.97. The van der Waals surface area contributed by atoms with E-state index >= 15 is 0 Å². The number of rotatable bonds is 2. The van der Waals surface area contributed by atoms with Crippen molar-refractivity contribution in [2.45, 2.75) is 0 Å². The monoisotopic (exact) mass is 190 g/mol. The van der Waals surface area contributed by atoms with Gasteiger partial charge in [0, 0.05) is 0 Å². The van der Waals surface area contributed by atoms with Gasteiger partial charge in [-0.3, -0.25) is 0 Å². The molecule has 0 spiro atoms. The quantitative estimate of drug-likeness (QED) is 0.754. The van der Waals surface area contributed by atoms with Crippen LogP contribution in [0.5, 0.6) is 0 Å². The summed E-state index contributed by atoms with van der Waals surface area (Å²) in [5.41, 5.74) is 0.554. The van der Waals surface area contributed by atoms with Crippen molar-refractivity contribution >= 4 is 6.08 Å². The zero-order valence-corrected chi connectivity index (χ0v) is 7.27. The molecule has 5 nitrogen and oxygen atoms in total. The van der Waals surface area contributed by atoms with Crippen LogP contribution in [0.3, 0.4) is 0 Å². The number of benzene rings is 1. The van der Waals surface area contributed by atoms with Crippen LogP contribution < -0.4 is 5.69 Å². The highest BCUT2D eigenvalue weighted by molar-refractivity contribution is 5.51. The minimum Gasteiger partial charge on any atom is -0.244 e. The van der Waals surface area contributed by atoms with E-state index in [1.54, 1.807) is 24.3 Å². The molecule has 0 atom stereocenters. The number of hydrogen-bond donors (Lipinski definition) is 1. The van der Waals surface area contributed by atoms with E-state index in [1.165, 1.54) is 0 Å². The second-order valence-electron chi connectivity index (χ2n) is 2.61. The van der Waals surface area contributed by atoms with Gasteiger partial charge in [0.1, 0.15) is 0 Å². The van der Waals surface area contributed by atoms with Gasteiger partial charge < -0.3 is 0 Å². The zero-order chi connectivity index (χ0) is 10.8. The number of aromatic amines is 1. The Morgan fingerprint density at radius 2 is 2.50 bits per heavy atom. The zero-order valence-electron chi connectivity index (χ0n) is 8.27. The third kappa shape index (κ3) is 1.35. The lowest BCUT2D eigenvalue weighted by Gasteiger charge is -1.98. The van der Waals surface area contributed by atoms with Crippen LogP contribution >= 0.6 is 0 Å². The highest BCUT2D eigenvalue weighted by atomic mass is 16.2. The Balaban J connectivity index is 2.69. The largest absolute Gasteiger partial charge is 0.365 e. The fourth-order valence-corrected chi connectivity index (χ4v) is 1.07. The van der Waals surface area contributed by atoms with Crippen molar-refractivity contribution in [2.24, 2.45) is 0 Å². The molecule has 0 aliphatic heterocycles. The molecule has 0 fully saturated rings. The molecule has 0 radical (unpaired) electrons. The van der Waals surface area contributed by atoms with E-state index in [2.05, 4.69) is 22.1 Å². The minimum atomic E-state index is -0.468. The van der Waals surface area contributed by atoms with Crippen LogP contribution in [-0.4, -0.2) is 20.2 Å². The summed E-state index contributed by atoms with van der Waals surface area (Å²) in [6.45, 7) is 3.59. The fraction of sp³-hybridized carbons (Fsp3) is 0. The molecular weight excluding hydrogens is 180 g/mol. The van der Waals surface area contributed by atoms with E-state index in [9.17, 15) is 4.79 Å². The smallest absolute Gasteiger partial charge is 0.244 e. The first-order valence-electron chi connectivity index (χ1n) is 4.47. The predicted octanol–water partition coefficient (Wildman–Crippen LogP) is 0.599. The van der Waals surface area contributed by atoms with E-state index in [4.69, 9.17) is 1.37 Å². The molecule has 0 aliphatic carbocycles. The maximum Gasteiger partial charge on any atom is 0.365 e. The molecule has 0 amide bonds. The van der Waals surface area contributed by atoms with Gasteiger partial charge in [-0.15, -0.1) is 0 Å².